The number of carbonyl (C=O) groups excluding carboxylic acids is 1. The largest absolute Gasteiger partial charge is 0.491 e. The number of guanidine groups is 1. The Morgan fingerprint density at radius 3 is 3.21 bits per heavy atom. The average Bonchev–Trinajstić information content (AvgIpc) is 3.15. The number of nitrogens with one attached hydrogen (secondary N) is 1. The fraction of sp³-hybridized carbons (Fsp3) is 0.385. The molecule has 98 valence electrons. The van der Waals surface area contributed by atoms with Crippen molar-refractivity contribution in [3.63, 3.8) is 0 Å². The lowest BCUT2D eigenvalue weighted by Gasteiger charge is -2.23. The number of epoxide rings is 1. The molecule has 3 aliphatic rings. The second kappa shape index (κ2) is 3.96. The van der Waals surface area contributed by atoms with Crippen molar-refractivity contribution in [2.24, 2.45) is 4.99 Å². The summed E-state index contributed by atoms with van der Waals surface area (Å²) in [5.41, 5.74) is 1.97. The van der Waals surface area contributed by atoms with Gasteiger partial charge in [0.2, 0.25) is 11.9 Å². The number of carbonyl (C=O) groups is 1. The summed E-state index contributed by atoms with van der Waals surface area (Å²) in [5, 5.41) is 2.75. The van der Waals surface area contributed by atoms with Crippen molar-refractivity contribution in [3.05, 3.63) is 23.8 Å². The molecule has 0 spiro atoms. The SMILES string of the molecule is O=C1CN2Cc3cc(OCC4CO4)ccc3N=C2N1. The van der Waals surface area contributed by atoms with Gasteiger partial charge in [0.25, 0.3) is 0 Å². The Labute approximate surface area is 110 Å². The summed E-state index contributed by atoms with van der Waals surface area (Å²) < 4.78 is 10.8. The summed E-state index contributed by atoms with van der Waals surface area (Å²) in [6, 6.07) is 5.81. The van der Waals surface area contributed by atoms with Gasteiger partial charge in [-0.25, -0.2) is 4.99 Å². The topological polar surface area (TPSA) is 66.5 Å². The highest BCUT2D eigenvalue weighted by Crippen LogP contribution is 2.30. The summed E-state index contributed by atoms with van der Waals surface area (Å²) in [4.78, 5) is 17.7. The third kappa shape index (κ3) is 2.04. The van der Waals surface area contributed by atoms with Crippen molar-refractivity contribution < 1.29 is 14.3 Å². The molecule has 19 heavy (non-hydrogen) atoms. The van der Waals surface area contributed by atoms with Gasteiger partial charge in [-0.1, -0.05) is 0 Å². The minimum Gasteiger partial charge on any atom is -0.491 e. The van der Waals surface area contributed by atoms with E-state index in [1.54, 1.807) is 0 Å². The van der Waals surface area contributed by atoms with E-state index in [1.165, 1.54) is 0 Å². The standard InChI is InChI=1S/C13H13N3O3/c17-12-5-16-4-8-3-9(18-6-10-7-19-10)1-2-11(8)14-13(16)15-12/h1-3,10H,4-7H2,(H,14,15,17). The normalized spacial score (nSPS) is 23.4. The first kappa shape index (κ1) is 10.8. The summed E-state index contributed by atoms with van der Waals surface area (Å²) in [5.74, 6) is 1.47. The molecular weight excluding hydrogens is 246 g/mol. The van der Waals surface area contributed by atoms with E-state index >= 15 is 0 Å². The van der Waals surface area contributed by atoms with Gasteiger partial charge < -0.3 is 14.4 Å². The summed E-state index contributed by atoms with van der Waals surface area (Å²) >= 11 is 0. The molecule has 1 amide bonds. The summed E-state index contributed by atoms with van der Waals surface area (Å²) in [6.45, 7) is 2.44. The van der Waals surface area contributed by atoms with Crippen LogP contribution in [0.3, 0.4) is 0 Å². The highest BCUT2D eigenvalue weighted by molar-refractivity contribution is 6.05. The highest BCUT2D eigenvalue weighted by Gasteiger charge is 2.29. The van der Waals surface area contributed by atoms with Gasteiger partial charge in [-0.3, -0.25) is 10.1 Å². The molecule has 3 aliphatic heterocycles. The van der Waals surface area contributed by atoms with E-state index in [2.05, 4.69) is 10.3 Å². The minimum absolute atomic E-state index is 0.00564. The fourth-order valence-corrected chi connectivity index (χ4v) is 2.28. The van der Waals surface area contributed by atoms with Crippen LogP contribution in [0.4, 0.5) is 5.69 Å². The molecule has 0 radical (unpaired) electrons. The first-order valence-corrected chi connectivity index (χ1v) is 6.29. The van der Waals surface area contributed by atoms with Crippen LogP contribution in [0, 0.1) is 0 Å². The number of ether oxygens (including phenoxy) is 2. The Balaban J connectivity index is 1.56. The molecule has 0 bridgehead atoms. The summed E-state index contributed by atoms with van der Waals surface area (Å²) in [7, 11) is 0. The second-order valence-electron chi connectivity index (χ2n) is 4.90. The zero-order valence-corrected chi connectivity index (χ0v) is 10.3. The van der Waals surface area contributed by atoms with Crippen LogP contribution in [-0.2, 0) is 16.1 Å². The van der Waals surface area contributed by atoms with Crippen LogP contribution in [0.15, 0.2) is 23.2 Å². The molecule has 1 N–H and O–H groups in total. The Morgan fingerprint density at radius 2 is 2.37 bits per heavy atom. The molecule has 4 rings (SSSR count). The van der Waals surface area contributed by atoms with E-state index < -0.39 is 0 Å². The Bertz CT molecular complexity index is 580. The van der Waals surface area contributed by atoms with E-state index in [-0.39, 0.29) is 12.0 Å². The van der Waals surface area contributed by atoms with Gasteiger partial charge in [-0.2, -0.15) is 0 Å². The maximum Gasteiger partial charge on any atom is 0.246 e. The zero-order valence-electron chi connectivity index (χ0n) is 10.3. The molecule has 0 saturated carbocycles. The first-order valence-electron chi connectivity index (χ1n) is 6.29. The molecule has 2 fully saturated rings. The monoisotopic (exact) mass is 259 g/mol. The van der Waals surface area contributed by atoms with E-state index in [1.807, 2.05) is 23.1 Å². The molecule has 1 aromatic rings. The van der Waals surface area contributed by atoms with Gasteiger partial charge in [-0.15, -0.1) is 0 Å². The van der Waals surface area contributed by atoms with Crippen LogP contribution in [0.1, 0.15) is 5.56 Å². The van der Waals surface area contributed by atoms with E-state index in [0.717, 1.165) is 23.6 Å². The second-order valence-corrected chi connectivity index (χ2v) is 4.90. The lowest BCUT2D eigenvalue weighted by atomic mass is 10.1. The quantitative estimate of drug-likeness (QED) is 0.798. The molecule has 1 aromatic carbocycles. The maximum atomic E-state index is 11.3. The molecular formula is C13H13N3O3. The predicted molar refractivity (Wildman–Crippen MR) is 67.3 cm³/mol. The van der Waals surface area contributed by atoms with Gasteiger partial charge in [0.05, 0.1) is 12.3 Å². The molecule has 3 heterocycles. The first-order chi connectivity index (χ1) is 9.28. The number of aliphatic imine (C=N–C) groups is 1. The number of hydrogen-bond acceptors (Lipinski definition) is 5. The number of rotatable bonds is 3. The third-order valence-electron chi connectivity index (χ3n) is 3.36. The Hall–Kier alpha value is -2.08. The van der Waals surface area contributed by atoms with Crippen LogP contribution in [0.2, 0.25) is 0 Å². The van der Waals surface area contributed by atoms with Crippen molar-refractivity contribution in [2.45, 2.75) is 12.6 Å². The highest BCUT2D eigenvalue weighted by atomic mass is 16.6. The van der Waals surface area contributed by atoms with Gasteiger partial charge >= 0.3 is 0 Å². The van der Waals surface area contributed by atoms with E-state index in [0.29, 0.717) is 25.7 Å². The Kier molecular flexibility index (Phi) is 2.25. The van der Waals surface area contributed by atoms with Crippen LogP contribution < -0.4 is 10.1 Å². The fourth-order valence-electron chi connectivity index (χ4n) is 2.28. The Morgan fingerprint density at radius 1 is 1.47 bits per heavy atom. The van der Waals surface area contributed by atoms with Gasteiger partial charge in [0.1, 0.15) is 25.0 Å². The maximum absolute atomic E-state index is 11.3. The smallest absolute Gasteiger partial charge is 0.246 e. The van der Waals surface area contributed by atoms with Crippen LogP contribution in [0.25, 0.3) is 0 Å². The van der Waals surface area contributed by atoms with Gasteiger partial charge in [-0.05, 0) is 18.2 Å². The molecule has 6 nitrogen and oxygen atoms in total. The molecule has 0 aliphatic carbocycles. The summed E-state index contributed by atoms with van der Waals surface area (Å²) in [6.07, 6.45) is 0.251. The van der Waals surface area contributed by atoms with Crippen molar-refractivity contribution in [1.29, 1.82) is 0 Å². The van der Waals surface area contributed by atoms with Crippen molar-refractivity contribution in [1.82, 2.24) is 10.2 Å². The van der Waals surface area contributed by atoms with Gasteiger partial charge in [0.15, 0.2) is 0 Å². The number of hydrogen-bond donors (Lipinski definition) is 1. The minimum atomic E-state index is -0.00564. The van der Waals surface area contributed by atoms with Crippen molar-refractivity contribution in [2.75, 3.05) is 19.8 Å². The zero-order chi connectivity index (χ0) is 12.8. The number of fused-ring (bicyclic) bond motifs is 2. The molecule has 6 heteroatoms. The van der Waals surface area contributed by atoms with Gasteiger partial charge in [0, 0.05) is 12.1 Å². The van der Waals surface area contributed by atoms with Crippen molar-refractivity contribution in [3.8, 4) is 5.75 Å². The molecule has 1 unspecified atom stereocenters. The van der Waals surface area contributed by atoms with Crippen LogP contribution >= 0.6 is 0 Å². The number of nitrogens with zero attached hydrogens (tertiary/aromatic N) is 2. The number of amides is 1. The third-order valence-corrected chi connectivity index (χ3v) is 3.36. The lowest BCUT2D eigenvalue weighted by molar-refractivity contribution is -0.118. The van der Waals surface area contributed by atoms with Crippen molar-refractivity contribution >= 4 is 17.6 Å². The van der Waals surface area contributed by atoms with E-state index in [9.17, 15) is 4.79 Å². The van der Waals surface area contributed by atoms with E-state index in [4.69, 9.17) is 9.47 Å². The number of benzene rings is 1. The molecule has 1 atom stereocenters. The van der Waals surface area contributed by atoms with Crippen LogP contribution in [0.5, 0.6) is 5.75 Å². The molecule has 0 aromatic heterocycles. The lowest BCUT2D eigenvalue weighted by Crippen LogP contribution is -2.32. The predicted octanol–water partition coefficient (Wildman–Crippen LogP) is 0.397. The average molecular weight is 259 g/mol. The molecule has 2 saturated heterocycles. The van der Waals surface area contributed by atoms with Crippen LogP contribution in [-0.4, -0.2) is 42.6 Å².